The lowest BCUT2D eigenvalue weighted by Crippen LogP contribution is -2.27. The Hall–Kier alpha value is -1.15. The van der Waals surface area contributed by atoms with Gasteiger partial charge < -0.3 is 10.6 Å². The molecular weight excluding hydrogens is 338 g/mol. The lowest BCUT2D eigenvalue weighted by molar-refractivity contribution is 0.0951. The van der Waals surface area contributed by atoms with Gasteiger partial charge in [0.15, 0.2) is 0 Å². The molecule has 0 aromatic heterocycles. The van der Waals surface area contributed by atoms with Crippen LogP contribution in [0.4, 0.5) is 0 Å². The van der Waals surface area contributed by atoms with Crippen LogP contribution in [0.3, 0.4) is 0 Å². The molecule has 0 aliphatic carbocycles. The minimum Gasteiger partial charge on any atom is -0.352 e. The molecule has 1 heterocycles. The van der Waals surface area contributed by atoms with Crippen LogP contribution in [0.15, 0.2) is 17.0 Å². The van der Waals surface area contributed by atoms with Crippen molar-refractivity contribution in [3.63, 3.8) is 0 Å². The molecule has 2 rings (SSSR count). The zero-order chi connectivity index (χ0) is 16.3. The molecular formula is C15H24ClN3O3S. The molecule has 0 bridgehead atoms. The van der Waals surface area contributed by atoms with Gasteiger partial charge in [-0.2, -0.15) is 0 Å². The summed E-state index contributed by atoms with van der Waals surface area (Å²) in [6.45, 7) is 6.07. The zero-order valence-electron chi connectivity index (χ0n) is 13.4. The van der Waals surface area contributed by atoms with Crippen LogP contribution >= 0.6 is 12.4 Å². The van der Waals surface area contributed by atoms with Crippen LogP contribution < -0.4 is 15.8 Å². The third-order valence-corrected chi connectivity index (χ3v) is 5.23. The van der Waals surface area contributed by atoms with Crippen LogP contribution in [0, 0.1) is 19.8 Å². The van der Waals surface area contributed by atoms with Crippen LogP contribution in [0.1, 0.15) is 34.3 Å². The molecule has 1 aromatic carbocycles. The molecule has 4 N–H and O–H groups in total. The fraction of sp³-hybridized carbons (Fsp3) is 0.533. The molecule has 1 fully saturated rings. The van der Waals surface area contributed by atoms with E-state index in [-0.39, 0.29) is 23.2 Å². The van der Waals surface area contributed by atoms with Crippen LogP contribution in [0.5, 0.6) is 0 Å². The van der Waals surface area contributed by atoms with Gasteiger partial charge in [0, 0.05) is 12.1 Å². The number of nitrogens with one attached hydrogen (secondary N) is 2. The Balaban J connectivity index is 0.00000264. The summed E-state index contributed by atoms with van der Waals surface area (Å²) < 4.78 is 23.2. The molecule has 23 heavy (non-hydrogen) atoms. The monoisotopic (exact) mass is 361 g/mol. The van der Waals surface area contributed by atoms with Gasteiger partial charge in [0.2, 0.25) is 10.0 Å². The van der Waals surface area contributed by atoms with Crippen molar-refractivity contribution in [1.82, 2.24) is 10.6 Å². The van der Waals surface area contributed by atoms with Crippen LogP contribution in [0.2, 0.25) is 0 Å². The third kappa shape index (κ3) is 5.17. The molecule has 0 radical (unpaired) electrons. The number of halogens is 1. The number of nitrogens with two attached hydrogens (primary N) is 1. The van der Waals surface area contributed by atoms with E-state index in [1.54, 1.807) is 19.9 Å². The van der Waals surface area contributed by atoms with E-state index in [1.165, 1.54) is 6.07 Å². The van der Waals surface area contributed by atoms with Crippen molar-refractivity contribution in [3.05, 3.63) is 28.8 Å². The number of carbonyl (C=O) groups excluding carboxylic acids is 1. The van der Waals surface area contributed by atoms with Crippen molar-refractivity contribution in [3.8, 4) is 0 Å². The van der Waals surface area contributed by atoms with E-state index in [9.17, 15) is 13.2 Å². The van der Waals surface area contributed by atoms with Gasteiger partial charge in [-0.05, 0) is 69.0 Å². The van der Waals surface area contributed by atoms with Crippen LogP contribution in [-0.4, -0.2) is 34.0 Å². The van der Waals surface area contributed by atoms with Crippen molar-refractivity contribution in [2.24, 2.45) is 11.1 Å². The Morgan fingerprint density at radius 1 is 1.39 bits per heavy atom. The fourth-order valence-electron chi connectivity index (χ4n) is 2.71. The highest BCUT2D eigenvalue weighted by Gasteiger charge is 2.18. The summed E-state index contributed by atoms with van der Waals surface area (Å²) in [5, 5.41) is 11.3. The number of aryl methyl sites for hydroxylation is 1. The molecule has 1 amide bonds. The largest absolute Gasteiger partial charge is 0.352 e. The van der Waals surface area contributed by atoms with E-state index >= 15 is 0 Å². The van der Waals surface area contributed by atoms with Gasteiger partial charge >= 0.3 is 0 Å². The molecule has 0 saturated carbocycles. The molecule has 1 aliphatic rings. The quantitative estimate of drug-likeness (QED) is 0.731. The molecule has 8 heteroatoms. The Kier molecular flexibility index (Phi) is 7.01. The summed E-state index contributed by atoms with van der Waals surface area (Å²) in [5.74, 6) is 0.332. The molecule has 1 aliphatic heterocycles. The second-order valence-electron chi connectivity index (χ2n) is 5.86. The summed E-state index contributed by atoms with van der Waals surface area (Å²) >= 11 is 0. The molecule has 130 valence electrons. The molecule has 6 nitrogen and oxygen atoms in total. The van der Waals surface area contributed by atoms with E-state index in [1.807, 2.05) is 0 Å². The summed E-state index contributed by atoms with van der Waals surface area (Å²) in [6, 6.07) is 3.04. The second-order valence-corrected chi connectivity index (χ2v) is 7.39. The number of amides is 1. The van der Waals surface area contributed by atoms with Gasteiger partial charge in [-0.25, -0.2) is 13.6 Å². The highest BCUT2D eigenvalue weighted by molar-refractivity contribution is 7.89. The summed E-state index contributed by atoms with van der Waals surface area (Å²) in [5.41, 5.74) is 1.64. The first-order chi connectivity index (χ1) is 10.3. The maximum Gasteiger partial charge on any atom is 0.251 e. The van der Waals surface area contributed by atoms with Gasteiger partial charge in [-0.15, -0.1) is 12.4 Å². The van der Waals surface area contributed by atoms with Crippen molar-refractivity contribution in [2.75, 3.05) is 19.6 Å². The van der Waals surface area contributed by atoms with Crippen LogP contribution in [-0.2, 0) is 10.0 Å². The predicted octanol–water partition coefficient (Wildman–Crippen LogP) is 1.10. The molecule has 1 unspecified atom stereocenters. The van der Waals surface area contributed by atoms with Crippen molar-refractivity contribution in [2.45, 2.75) is 31.6 Å². The maximum atomic E-state index is 12.2. The third-order valence-electron chi connectivity index (χ3n) is 4.19. The SMILES string of the molecule is Cc1cc(C(=O)NCCC2CCNC2)cc(S(N)(=O)=O)c1C.Cl. The predicted molar refractivity (Wildman–Crippen MR) is 92.5 cm³/mol. The number of sulfonamides is 1. The number of hydrogen-bond acceptors (Lipinski definition) is 4. The first-order valence-corrected chi connectivity index (χ1v) is 8.96. The van der Waals surface area contributed by atoms with E-state index < -0.39 is 10.0 Å². The summed E-state index contributed by atoms with van der Waals surface area (Å²) in [6.07, 6.45) is 2.06. The van der Waals surface area contributed by atoms with Crippen LogP contribution in [0.25, 0.3) is 0 Å². The minimum absolute atomic E-state index is 0. The highest BCUT2D eigenvalue weighted by atomic mass is 35.5. The van der Waals surface area contributed by atoms with Gasteiger partial charge in [0.05, 0.1) is 4.90 Å². The smallest absolute Gasteiger partial charge is 0.251 e. The van der Waals surface area contributed by atoms with Gasteiger partial charge in [-0.1, -0.05) is 0 Å². The first kappa shape index (κ1) is 19.9. The standard InChI is InChI=1S/C15H23N3O3S.ClH/c1-10-7-13(8-14(11(10)2)22(16,20)21)15(19)18-6-4-12-3-5-17-9-12;/h7-8,12,17H,3-6,9H2,1-2H3,(H,18,19)(H2,16,20,21);1H. The fourth-order valence-corrected chi connectivity index (χ4v) is 3.59. The number of hydrogen-bond donors (Lipinski definition) is 3. The lowest BCUT2D eigenvalue weighted by Gasteiger charge is -2.12. The normalized spacial score (nSPS) is 17.6. The highest BCUT2D eigenvalue weighted by Crippen LogP contribution is 2.20. The Labute approximate surface area is 143 Å². The van der Waals surface area contributed by atoms with E-state index in [0.717, 1.165) is 31.5 Å². The Morgan fingerprint density at radius 3 is 2.65 bits per heavy atom. The molecule has 0 spiro atoms. The van der Waals surface area contributed by atoms with Gasteiger partial charge in [-0.3, -0.25) is 4.79 Å². The summed E-state index contributed by atoms with van der Waals surface area (Å²) in [4.78, 5) is 12.2. The lowest BCUT2D eigenvalue weighted by atomic mass is 10.0. The minimum atomic E-state index is -3.83. The average molecular weight is 362 g/mol. The van der Waals surface area contributed by atoms with Crippen molar-refractivity contribution >= 4 is 28.3 Å². The van der Waals surface area contributed by atoms with Gasteiger partial charge in [0.1, 0.15) is 0 Å². The second kappa shape index (κ2) is 8.10. The van der Waals surface area contributed by atoms with E-state index in [2.05, 4.69) is 10.6 Å². The average Bonchev–Trinajstić information content (AvgIpc) is 2.93. The summed E-state index contributed by atoms with van der Waals surface area (Å²) in [7, 11) is -3.83. The number of primary sulfonamides is 1. The van der Waals surface area contributed by atoms with E-state index in [4.69, 9.17) is 5.14 Å². The Bertz CT molecular complexity index is 671. The molecule has 1 aromatic rings. The molecule has 1 saturated heterocycles. The number of rotatable bonds is 5. The zero-order valence-corrected chi connectivity index (χ0v) is 15.0. The number of carbonyl (C=O) groups is 1. The molecule has 1 atom stereocenters. The van der Waals surface area contributed by atoms with Crippen molar-refractivity contribution < 1.29 is 13.2 Å². The van der Waals surface area contributed by atoms with Gasteiger partial charge in [0.25, 0.3) is 5.91 Å². The topological polar surface area (TPSA) is 101 Å². The maximum absolute atomic E-state index is 12.2. The van der Waals surface area contributed by atoms with Crippen molar-refractivity contribution in [1.29, 1.82) is 0 Å². The number of benzene rings is 1. The Morgan fingerprint density at radius 2 is 2.09 bits per heavy atom. The first-order valence-electron chi connectivity index (χ1n) is 7.42. The van der Waals surface area contributed by atoms with E-state index in [0.29, 0.717) is 23.6 Å².